The molecule has 0 aliphatic heterocycles. The minimum atomic E-state index is -3.09. The Kier molecular flexibility index (Phi) is 11.4. The normalized spacial score (nSPS) is 12.5. The summed E-state index contributed by atoms with van der Waals surface area (Å²) in [6.45, 7) is 9.72. The van der Waals surface area contributed by atoms with Gasteiger partial charge in [-0.1, -0.05) is 6.92 Å². The Balaban J connectivity index is 3.57. The second-order valence-corrected chi connectivity index (χ2v) is 7.52. The first kappa shape index (κ1) is 19.8. The van der Waals surface area contributed by atoms with Gasteiger partial charge < -0.3 is 10.2 Å². The van der Waals surface area contributed by atoms with Crippen LogP contribution in [-0.2, 0) is 10.0 Å². The summed E-state index contributed by atoms with van der Waals surface area (Å²) in [7, 11) is -0.994. The van der Waals surface area contributed by atoms with Crippen LogP contribution in [0.15, 0.2) is 0 Å². The second kappa shape index (κ2) is 11.5. The van der Waals surface area contributed by atoms with Crippen LogP contribution in [0.2, 0.25) is 0 Å². The molecule has 0 aromatic carbocycles. The molecular formula is C14H33N3O2S. The molecule has 20 heavy (non-hydrogen) atoms. The van der Waals surface area contributed by atoms with Gasteiger partial charge in [0.25, 0.3) is 0 Å². The molecule has 0 saturated carbocycles. The molecule has 0 fully saturated rings. The van der Waals surface area contributed by atoms with Crippen LogP contribution in [0.25, 0.3) is 0 Å². The smallest absolute Gasteiger partial charge is 0.211 e. The van der Waals surface area contributed by atoms with Crippen LogP contribution in [0.5, 0.6) is 0 Å². The molecule has 0 saturated heterocycles. The van der Waals surface area contributed by atoms with Gasteiger partial charge in [-0.15, -0.1) is 0 Å². The Bertz CT molecular complexity index is 318. The molecule has 0 atom stereocenters. The number of hydrogen-bond donors (Lipinski definition) is 2. The van der Waals surface area contributed by atoms with Crippen molar-refractivity contribution >= 4 is 10.0 Å². The van der Waals surface area contributed by atoms with E-state index in [2.05, 4.69) is 42.8 Å². The molecule has 0 aliphatic carbocycles. The van der Waals surface area contributed by atoms with Crippen molar-refractivity contribution in [1.82, 2.24) is 14.9 Å². The average Bonchev–Trinajstić information content (AvgIpc) is 2.37. The summed E-state index contributed by atoms with van der Waals surface area (Å²) >= 11 is 0. The van der Waals surface area contributed by atoms with Gasteiger partial charge in [0.2, 0.25) is 10.0 Å². The van der Waals surface area contributed by atoms with E-state index in [0.29, 0.717) is 19.0 Å². The molecule has 0 bridgehead atoms. The van der Waals surface area contributed by atoms with Gasteiger partial charge in [0.1, 0.15) is 0 Å². The van der Waals surface area contributed by atoms with E-state index in [1.54, 1.807) is 0 Å². The molecule has 2 N–H and O–H groups in total. The number of sulfonamides is 1. The van der Waals surface area contributed by atoms with E-state index in [9.17, 15) is 8.42 Å². The Morgan fingerprint density at radius 1 is 1.05 bits per heavy atom. The zero-order valence-corrected chi connectivity index (χ0v) is 14.4. The largest absolute Gasteiger partial charge is 0.317 e. The topological polar surface area (TPSA) is 61.4 Å². The van der Waals surface area contributed by atoms with Gasteiger partial charge in [0.05, 0.1) is 5.75 Å². The molecule has 6 heteroatoms. The monoisotopic (exact) mass is 307 g/mol. The molecule has 0 unspecified atom stereocenters. The summed E-state index contributed by atoms with van der Waals surface area (Å²) in [5.41, 5.74) is 0. The third kappa shape index (κ3) is 11.6. The summed E-state index contributed by atoms with van der Waals surface area (Å²) < 4.78 is 26.1. The summed E-state index contributed by atoms with van der Waals surface area (Å²) in [6.07, 6.45) is 3.67. The molecule has 0 heterocycles. The molecule has 122 valence electrons. The molecular weight excluding hydrogens is 274 g/mol. The SMILES string of the molecule is CCCNCCCS(=O)(=O)NCCCCN(C)C(C)C. The number of unbranched alkanes of at least 4 members (excludes halogenated alkanes) is 1. The highest BCUT2D eigenvalue weighted by atomic mass is 32.2. The maximum absolute atomic E-state index is 11.7. The highest BCUT2D eigenvalue weighted by Gasteiger charge is 2.09. The van der Waals surface area contributed by atoms with E-state index >= 15 is 0 Å². The summed E-state index contributed by atoms with van der Waals surface area (Å²) in [4.78, 5) is 2.27. The van der Waals surface area contributed by atoms with Crippen molar-refractivity contribution in [2.45, 2.75) is 52.5 Å². The Labute approximate surface area is 125 Å². The predicted octanol–water partition coefficient (Wildman–Crippen LogP) is 1.42. The zero-order valence-electron chi connectivity index (χ0n) is 13.6. The van der Waals surface area contributed by atoms with Gasteiger partial charge in [-0.3, -0.25) is 0 Å². The average molecular weight is 308 g/mol. The molecule has 0 radical (unpaired) electrons. The van der Waals surface area contributed by atoms with Gasteiger partial charge in [0.15, 0.2) is 0 Å². The van der Waals surface area contributed by atoms with Crippen molar-refractivity contribution in [1.29, 1.82) is 0 Å². The molecule has 0 aliphatic rings. The highest BCUT2D eigenvalue weighted by molar-refractivity contribution is 7.89. The van der Waals surface area contributed by atoms with Crippen LogP contribution >= 0.6 is 0 Å². The van der Waals surface area contributed by atoms with Crippen LogP contribution in [0.1, 0.15) is 46.5 Å². The van der Waals surface area contributed by atoms with Crippen molar-refractivity contribution < 1.29 is 8.42 Å². The van der Waals surface area contributed by atoms with Crippen molar-refractivity contribution in [3.63, 3.8) is 0 Å². The lowest BCUT2D eigenvalue weighted by Crippen LogP contribution is -2.30. The second-order valence-electron chi connectivity index (χ2n) is 5.60. The maximum Gasteiger partial charge on any atom is 0.211 e. The van der Waals surface area contributed by atoms with Crippen LogP contribution in [0, 0.1) is 0 Å². The van der Waals surface area contributed by atoms with Gasteiger partial charge in [-0.2, -0.15) is 0 Å². The fourth-order valence-electron chi connectivity index (χ4n) is 1.73. The van der Waals surface area contributed by atoms with E-state index in [1.807, 2.05) is 0 Å². The van der Waals surface area contributed by atoms with Gasteiger partial charge in [0, 0.05) is 12.6 Å². The molecule has 0 amide bonds. The number of rotatable bonds is 13. The molecule has 0 aromatic heterocycles. The van der Waals surface area contributed by atoms with E-state index in [4.69, 9.17) is 0 Å². The minimum absolute atomic E-state index is 0.218. The lowest BCUT2D eigenvalue weighted by Gasteiger charge is -2.20. The Morgan fingerprint density at radius 2 is 1.75 bits per heavy atom. The molecule has 5 nitrogen and oxygen atoms in total. The lowest BCUT2D eigenvalue weighted by molar-refractivity contribution is 0.268. The number of nitrogens with one attached hydrogen (secondary N) is 2. The van der Waals surface area contributed by atoms with Crippen LogP contribution in [0.3, 0.4) is 0 Å². The molecule has 0 rings (SSSR count). The fraction of sp³-hybridized carbons (Fsp3) is 1.00. The highest BCUT2D eigenvalue weighted by Crippen LogP contribution is 1.98. The van der Waals surface area contributed by atoms with Crippen molar-refractivity contribution in [2.24, 2.45) is 0 Å². The first-order valence-electron chi connectivity index (χ1n) is 7.77. The van der Waals surface area contributed by atoms with E-state index in [0.717, 1.165) is 38.9 Å². The Hall–Kier alpha value is -0.170. The van der Waals surface area contributed by atoms with Crippen molar-refractivity contribution in [2.75, 3.05) is 39.0 Å². The summed E-state index contributed by atoms with van der Waals surface area (Å²) in [5, 5.41) is 3.21. The maximum atomic E-state index is 11.7. The van der Waals surface area contributed by atoms with E-state index in [1.165, 1.54) is 0 Å². The minimum Gasteiger partial charge on any atom is -0.317 e. The first-order chi connectivity index (χ1) is 9.39. The Morgan fingerprint density at radius 3 is 2.35 bits per heavy atom. The standard InChI is InChI=1S/C14H33N3O2S/c1-5-9-15-10-8-13-20(18,19)16-11-6-7-12-17(4)14(2)3/h14-16H,5-13H2,1-4H3. The molecule has 0 spiro atoms. The number of nitrogens with zero attached hydrogens (tertiary/aromatic N) is 1. The lowest BCUT2D eigenvalue weighted by atomic mass is 10.2. The molecule has 0 aromatic rings. The van der Waals surface area contributed by atoms with E-state index < -0.39 is 10.0 Å². The summed E-state index contributed by atoms with van der Waals surface area (Å²) in [5.74, 6) is 0.218. The van der Waals surface area contributed by atoms with Gasteiger partial charge >= 0.3 is 0 Å². The zero-order chi connectivity index (χ0) is 15.4. The van der Waals surface area contributed by atoms with Crippen LogP contribution < -0.4 is 10.0 Å². The van der Waals surface area contributed by atoms with E-state index in [-0.39, 0.29) is 5.75 Å². The third-order valence-electron chi connectivity index (χ3n) is 3.33. The van der Waals surface area contributed by atoms with Crippen molar-refractivity contribution in [3.8, 4) is 0 Å². The first-order valence-corrected chi connectivity index (χ1v) is 9.42. The third-order valence-corrected chi connectivity index (χ3v) is 4.80. The fourth-order valence-corrected chi connectivity index (χ4v) is 2.86. The van der Waals surface area contributed by atoms with Crippen LogP contribution in [0.4, 0.5) is 0 Å². The summed E-state index contributed by atoms with van der Waals surface area (Å²) in [6, 6.07) is 0.544. The number of hydrogen-bond acceptors (Lipinski definition) is 4. The predicted molar refractivity (Wildman–Crippen MR) is 86.6 cm³/mol. The van der Waals surface area contributed by atoms with Crippen molar-refractivity contribution in [3.05, 3.63) is 0 Å². The quantitative estimate of drug-likeness (QED) is 0.505. The van der Waals surface area contributed by atoms with Crippen LogP contribution in [-0.4, -0.2) is 58.3 Å². The van der Waals surface area contributed by atoms with Gasteiger partial charge in [-0.25, -0.2) is 13.1 Å². The van der Waals surface area contributed by atoms with Gasteiger partial charge in [-0.05, 0) is 66.2 Å².